The number of unbranched alkanes of at least 4 members (excludes halogenated alkanes) is 1. The third-order valence-corrected chi connectivity index (χ3v) is 4.06. The molecule has 2 N–H and O–H groups in total. The Morgan fingerprint density at radius 1 is 1.39 bits per heavy atom. The number of hydrogen-bond donors (Lipinski definition) is 1. The first-order valence-electron chi connectivity index (χ1n) is 8.16. The van der Waals surface area contributed by atoms with Crippen LogP contribution in [0, 0.1) is 5.92 Å². The molecular weight excluding hydrogens is 294 g/mol. The Morgan fingerprint density at radius 2 is 2.13 bits per heavy atom. The minimum absolute atomic E-state index is 0.293. The highest BCUT2D eigenvalue weighted by Gasteiger charge is 2.45. The average molecular weight is 319 g/mol. The van der Waals surface area contributed by atoms with E-state index in [1.807, 2.05) is 12.0 Å². The van der Waals surface area contributed by atoms with E-state index in [-0.39, 0.29) is 6.03 Å². The first kappa shape index (κ1) is 17.3. The molecule has 0 aromatic heterocycles. The van der Waals surface area contributed by atoms with Gasteiger partial charge in [0.25, 0.3) is 0 Å². The zero-order chi connectivity index (χ0) is 17.0. The fraction of sp³-hybridized carbons (Fsp3) is 0.588. The van der Waals surface area contributed by atoms with Gasteiger partial charge in [0, 0.05) is 6.54 Å². The van der Waals surface area contributed by atoms with Crippen LogP contribution in [0.2, 0.25) is 0 Å². The maximum atomic E-state index is 12.4. The van der Waals surface area contributed by atoms with Crippen LogP contribution in [0.25, 0.3) is 0 Å². The lowest BCUT2D eigenvalue weighted by Crippen LogP contribution is -2.42. The molecule has 23 heavy (non-hydrogen) atoms. The summed E-state index contributed by atoms with van der Waals surface area (Å²) in [6.45, 7) is 7.38. The van der Waals surface area contributed by atoms with Gasteiger partial charge in [-0.15, -0.1) is 0 Å². The first-order chi connectivity index (χ1) is 11.0. The van der Waals surface area contributed by atoms with E-state index in [4.69, 9.17) is 10.6 Å². The Labute approximate surface area is 137 Å². The number of rotatable bonds is 7. The van der Waals surface area contributed by atoms with E-state index < -0.39 is 6.04 Å². The minimum atomic E-state index is -0.603. The number of carbonyl (C=O) groups excluding carboxylic acids is 2. The lowest BCUT2D eigenvalue weighted by molar-refractivity contribution is 0.185. The zero-order valence-electron chi connectivity index (χ0n) is 14.0. The van der Waals surface area contributed by atoms with Crippen molar-refractivity contribution in [1.29, 1.82) is 0 Å². The summed E-state index contributed by atoms with van der Waals surface area (Å²) in [4.78, 5) is 25.5. The molecule has 1 aliphatic carbocycles. The van der Waals surface area contributed by atoms with Crippen molar-refractivity contribution in [2.75, 3.05) is 13.2 Å². The summed E-state index contributed by atoms with van der Waals surface area (Å²) < 4.78 is 5.66. The SMILES string of the molecule is CCCCOC1=CC=C2C(C1=C=O)N(N)C(=O)N2CCC(C)C. The smallest absolute Gasteiger partial charge is 0.339 e. The topological polar surface area (TPSA) is 75.9 Å². The van der Waals surface area contributed by atoms with E-state index in [1.54, 1.807) is 11.0 Å². The van der Waals surface area contributed by atoms with Gasteiger partial charge >= 0.3 is 6.03 Å². The number of urea groups is 1. The van der Waals surface area contributed by atoms with Gasteiger partial charge in [-0.25, -0.2) is 20.4 Å². The van der Waals surface area contributed by atoms with Gasteiger partial charge in [0.2, 0.25) is 0 Å². The fourth-order valence-electron chi connectivity index (χ4n) is 2.67. The predicted octanol–water partition coefficient (Wildman–Crippen LogP) is 2.37. The number of carbonyl (C=O) groups is 1. The summed E-state index contributed by atoms with van der Waals surface area (Å²) in [7, 11) is 0. The van der Waals surface area contributed by atoms with Gasteiger partial charge < -0.3 is 4.74 Å². The Bertz CT molecular complexity index is 574. The monoisotopic (exact) mass is 319 g/mol. The molecule has 0 bridgehead atoms. The fourth-order valence-corrected chi connectivity index (χ4v) is 2.67. The number of ether oxygens (including phenoxy) is 1. The van der Waals surface area contributed by atoms with Crippen LogP contribution in [-0.2, 0) is 9.53 Å². The molecule has 0 aromatic carbocycles. The van der Waals surface area contributed by atoms with Crippen LogP contribution in [-0.4, -0.2) is 41.1 Å². The molecule has 1 heterocycles. The molecule has 2 aliphatic rings. The quantitative estimate of drug-likeness (QED) is 0.338. The number of nitrogens with two attached hydrogens (primary N) is 1. The van der Waals surface area contributed by atoms with Gasteiger partial charge in [-0.3, -0.25) is 4.90 Å². The van der Waals surface area contributed by atoms with E-state index in [9.17, 15) is 9.59 Å². The largest absolute Gasteiger partial charge is 0.492 e. The summed E-state index contributed by atoms with van der Waals surface area (Å²) in [6, 6.07) is -0.897. The number of hydrazine groups is 1. The molecular formula is C17H25N3O3. The molecule has 1 unspecified atom stereocenters. The maximum Gasteiger partial charge on any atom is 0.339 e. The highest BCUT2D eigenvalue weighted by molar-refractivity contribution is 5.84. The summed E-state index contributed by atoms with van der Waals surface area (Å²) in [5.74, 6) is 8.78. The van der Waals surface area contributed by atoms with Crippen molar-refractivity contribution >= 4 is 12.0 Å². The first-order valence-corrected chi connectivity index (χ1v) is 8.16. The number of nitrogens with zero attached hydrogens (tertiary/aromatic N) is 2. The van der Waals surface area contributed by atoms with E-state index in [0.29, 0.717) is 30.4 Å². The second kappa shape index (κ2) is 7.49. The van der Waals surface area contributed by atoms with Crippen molar-refractivity contribution in [3.05, 3.63) is 29.2 Å². The van der Waals surface area contributed by atoms with E-state index in [0.717, 1.165) is 30.0 Å². The third-order valence-electron chi connectivity index (χ3n) is 4.06. The van der Waals surface area contributed by atoms with Crippen molar-refractivity contribution in [1.82, 2.24) is 9.91 Å². The second-order valence-electron chi connectivity index (χ2n) is 6.27. The molecule has 0 spiro atoms. The van der Waals surface area contributed by atoms with Crippen molar-refractivity contribution < 1.29 is 14.3 Å². The summed E-state index contributed by atoms with van der Waals surface area (Å²) in [5.41, 5.74) is 1.01. The van der Waals surface area contributed by atoms with Gasteiger partial charge in [-0.2, -0.15) is 0 Å². The van der Waals surface area contributed by atoms with Gasteiger partial charge in [-0.05, 0) is 30.9 Å². The predicted molar refractivity (Wildman–Crippen MR) is 87.6 cm³/mol. The van der Waals surface area contributed by atoms with E-state index in [2.05, 4.69) is 20.8 Å². The maximum absolute atomic E-state index is 12.4. The van der Waals surface area contributed by atoms with Crippen molar-refractivity contribution in [3.63, 3.8) is 0 Å². The lowest BCUT2D eigenvalue weighted by atomic mass is 9.98. The molecule has 1 atom stereocenters. The van der Waals surface area contributed by atoms with Gasteiger partial charge in [0.1, 0.15) is 23.3 Å². The molecule has 0 radical (unpaired) electrons. The Balaban J connectivity index is 2.24. The third kappa shape index (κ3) is 3.49. The van der Waals surface area contributed by atoms with Crippen molar-refractivity contribution in [2.45, 2.75) is 46.1 Å². The normalized spacial score (nSPS) is 20.5. The van der Waals surface area contributed by atoms with Gasteiger partial charge in [0.05, 0.1) is 12.3 Å². The Kier molecular flexibility index (Phi) is 5.64. The molecule has 6 heteroatoms. The number of allylic oxidation sites excluding steroid dienone is 2. The summed E-state index contributed by atoms with van der Waals surface area (Å²) >= 11 is 0. The van der Waals surface area contributed by atoms with Crippen LogP contribution in [0.15, 0.2) is 29.2 Å². The van der Waals surface area contributed by atoms with Crippen LogP contribution in [0.1, 0.15) is 40.0 Å². The summed E-state index contributed by atoms with van der Waals surface area (Å²) in [6.07, 6.45) is 6.32. The number of fused-ring (bicyclic) bond motifs is 1. The Hall–Kier alpha value is -2.04. The molecule has 0 saturated carbocycles. The molecule has 1 aliphatic heterocycles. The highest BCUT2D eigenvalue weighted by atomic mass is 16.5. The Morgan fingerprint density at radius 3 is 2.74 bits per heavy atom. The molecule has 126 valence electrons. The van der Waals surface area contributed by atoms with Gasteiger partial charge in [0.15, 0.2) is 0 Å². The molecule has 0 aromatic rings. The minimum Gasteiger partial charge on any atom is -0.492 e. The van der Waals surface area contributed by atoms with Gasteiger partial charge in [-0.1, -0.05) is 27.2 Å². The standard InChI is InChI=1S/C17H25N3O3/c1-4-5-10-23-15-7-6-14-16(13(15)11-21)20(18)17(22)19(14)9-8-12(2)3/h6-7,12,16H,4-5,8-10,18H2,1-3H3. The zero-order valence-corrected chi connectivity index (χ0v) is 14.0. The van der Waals surface area contributed by atoms with Crippen LogP contribution >= 0.6 is 0 Å². The van der Waals surface area contributed by atoms with Crippen LogP contribution in [0.3, 0.4) is 0 Å². The van der Waals surface area contributed by atoms with Crippen molar-refractivity contribution in [3.8, 4) is 0 Å². The molecule has 2 rings (SSSR count). The second-order valence-corrected chi connectivity index (χ2v) is 6.27. The van der Waals surface area contributed by atoms with Crippen LogP contribution in [0.5, 0.6) is 0 Å². The van der Waals surface area contributed by atoms with Crippen LogP contribution < -0.4 is 5.84 Å². The lowest BCUT2D eigenvalue weighted by Gasteiger charge is -2.24. The summed E-state index contributed by atoms with van der Waals surface area (Å²) in [5, 5.41) is 1.10. The molecule has 1 saturated heterocycles. The molecule has 6 nitrogen and oxygen atoms in total. The molecule has 1 fully saturated rings. The van der Waals surface area contributed by atoms with E-state index >= 15 is 0 Å². The average Bonchev–Trinajstić information content (AvgIpc) is 2.77. The molecule has 2 amide bonds. The number of amides is 2. The number of hydrogen-bond acceptors (Lipinski definition) is 4. The van der Waals surface area contributed by atoms with Crippen molar-refractivity contribution in [2.24, 2.45) is 11.8 Å². The highest BCUT2D eigenvalue weighted by Crippen LogP contribution is 2.35. The van der Waals surface area contributed by atoms with Crippen LogP contribution in [0.4, 0.5) is 4.79 Å². The van der Waals surface area contributed by atoms with E-state index in [1.165, 1.54) is 0 Å².